The number of aryl methyl sites for hydroxylation is 1. The van der Waals surface area contributed by atoms with Crippen molar-refractivity contribution in [3.63, 3.8) is 0 Å². The molecule has 0 atom stereocenters. The van der Waals surface area contributed by atoms with Gasteiger partial charge in [-0.3, -0.25) is 9.36 Å². The van der Waals surface area contributed by atoms with Crippen LogP contribution in [0.4, 0.5) is 20.3 Å². The fourth-order valence-corrected chi connectivity index (χ4v) is 3.78. The molecule has 170 valence electrons. The van der Waals surface area contributed by atoms with Crippen molar-refractivity contribution in [3.8, 4) is 0 Å². The van der Waals surface area contributed by atoms with E-state index in [-0.39, 0.29) is 11.6 Å². The van der Waals surface area contributed by atoms with Crippen LogP contribution in [0.5, 0.6) is 0 Å². The summed E-state index contributed by atoms with van der Waals surface area (Å²) in [6.07, 6.45) is 1.67. The Kier molecular flexibility index (Phi) is 6.71. The van der Waals surface area contributed by atoms with Crippen molar-refractivity contribution in [3.05, 3.63) is 93.9 Å². The summed E-state index contributed by atoms with van der Waals surface area (Å²) in [6, 6.07) is 12.5. The van der Waals surface area contributed by atoms with Crippen molar-refractivity contribution < 1.29 is 8.78 Å². The molecule has 0 saturated heterocycles. The van der Waals surface area contributed by atoms with E-state index in [9.17, 15) is 8.78 Å². The van der Waals surface area contributed by atoms with Crippen LogP contribution in [0.3, 0.4) is 0 Å². The highest BCUT2D eigenvalue weighted by atomic mass is 35.5. The predicted octanol–water partition coefficient (Wildman–Crippen LogP) is 5.53. The Morgan fingerprint density at radius 3 is 2.09 bits per heavy atom. The number of anilines is 2. The maximum atomic E-state index is 13.2. The van der Waals surface area contributed by atoms with Crippen molar-refractivity contribution >= 4 is 40.4 Å². The van der Waals surface area contributed by atoms with E-state index in [1.807, 2.05) is 18.5 Å². The van der Waals surface area contributed by atoms with Crippen LogP contribution in [0.25, 0.3) is 0 Å². The molecule has 0 aliphatic carbocycles. The van der Waals surface area contributed by atoms with E-state index in [4.69, 9.17) is 23.8 Å². The minimum absolute atomic E-state index is 0.273. The normalized spacial score (nSPS) is 10.9. The second-order valence-electron chi connectivity index (χ2n) is 7.56. The summed E-state index contributed by atoms with van der Waals surface area (Å²) < 4.78 is 29.8. The van der Waals surface area contributed by atoms with E-state index in [1.54, 1.807) is 35.1 Å². The zero-order chi connectivity index (χ0) is 23.5. The summed E-state index contributed by atoms with van der Waals surface area (Å²) in [6.45, 7) is 4.76. The smallest absolute Gasteiger partial charge is 0.176 e. The van der Waals surface area contributed by atoms with Gasteiger partial charge in [0.2, 0.25) is 0 Å². The lowest BCUT2D eigenvalue weighted by molar-refractivity contribution is 0.622. The SMILES string of the molecule is Cc1nn(Cc2ccc(F)cc2)c(C)c1NC(=S)Nc1nn(Cc2ccc(F)cc2)cc1Cl. The Labute approximate surface area is 200 Å². The second-order valence-corrected chi connectivity index (χ2v) is 8.37. The van der Waals surface area contributed by atoms with Gasteiger partial charge in [-0.15, -0.1) is 0 Å². The van der Waals surface area contributed by atoms with Crippen LogP contribution in [-0.4, -0.2) is 24.7 Å². The maximum absolute atomic E-state index is 13.2. The highest BCUT2D eigenvalue weighted by molar-refractivity contribution is 7.80. The largest absolute Gasteiger partial charge is 0.329 e. The maximum Gasteiger partial charge on any atom is 0.176 e. The van der Waals surface area contributed by atoms with E-state index in [0.717, 1.165) is 28.2 Å². The van der Waals surface area contributed by atoms with Crippen molar-refractivity contribution in [2.45, 2.75) is 26.9 Å². The number of thiocarbonyl (C=S) groups is 1. The monoisotopic (exact) mass is 486 g/mol. The molecule has 0 aliphatic rings. The molecular weight excluding hydrogens is 466 g/mol. The third-order valence-corrected chi connectivity index (χ3v) is 5.55. The minimum atomic E-state index is -0.289. The Bertz CT molecular complexity index is 1280. The van der Waals surface area contributed by atoms with Gasteiger partial charge in [0.25, 0.3) is 0 Å². The molecule has 2 aromatic carbocycles. The fraction of sp³-hybridized carbons (Fsp3) is 0.174. The zero-order valence-electron chi connectivity index (χ0n) is 17.9. The van der Waals surface area contributed by atoms with E-state index >= 15 is 0 Å². The molecule has 2 aromatic heterocycles. The molecule has 0 radical (unpaired) electrons. The molecule has 0 bridgehead atoms. The molecule has 0 aliphatic heterocycles. The first-order valence-electron chi connectivity index (χ1n) is 10.1. The van der Waals surface area contributed by atoms with Gasteiger partial charge in [0.1, 0.15) is 16.7 Å². The van der Waals surface area contributed by atoms with Crippen LogP contribution in [0.15, 0.2) is 54.7 Å². The van der Waals surface area contributed by atoms with Gasteiger partial charge in [0.15, 0.2) is 10.9 Å². The van der Waals surface area contributed by atoms with Gasteiger partial charge in [0, 0.05) is 6.20 Å². The fourth-order valence-electron chi connectivity index (χ4n) is 3.39. The van der Waals surface area contributed by atoms with Crippen LogP contribution in [-0.2, 0) is 13.1 Å². The molecule has 33 heavy (non-hydrogen) atoms. The Hall–Kier alpha value is -3.30. The molecule has 4 rings (SSSR count). The molecule has 0 unspecified atom stereocenters. The van der Waals surface area contributed by atoms with Crippen molar-refractivity contribution in [2.24, 2.45) is 0 Å². The summed E-state index contributed by atoms with van der Waals surface area (Å²) in [5.74, 6) is -0.155. The summed E-state index contributed by atoms with van der Waals surface area (Å²) in [5, 5.41) is 15.9. The molecular formula is C23H21ClF2N6S. The number of hydrogen-bond acceptors (Lipinski definition) is 3. The van der Waals surface area contributed by atoms with Crippen molar-refractivity contribution in [1.29, 1.82) is 0 Å². The van der Waals surface area contributed by atoms with Gasteiger partial charge >= 0.3 is 0 Å². The van der Waals surface area contributed by atoms with Gasteiger partial charge in [-0.1, -0.05) is 35.9 Å². The van der Waals surface area contributed by atoms with E-state index in [2.05, 4.69) is 20.8 Å². The van der Waals surface area contributed by atoms with E-state index in [1.165, 1.54) is 24.3 Å². The number of benzene rings is 2. The van der Waals surface area contributed by atoms with Crippen molar-refractivity contribution in [1.82, 2.24) is 19.6 Å². The third kappa shape index (κ3) is 5.55. The van der Waals surface area contributed by atoms with Crippen LogP contribution < -0.4 is 10.6 Å². The molecule has 6 nitrogen and oxygen atoms in total. The molecule has 2 heterocycles. The lowest BCUT2D eigenvalue weighted by atomic mass is 10.2. The minimum Gasteiger partial charge on any atom is -0.329 e. The van der Waals surface area contributed by atoms with Crippen LogP contribution >= 0.6 is 23.8 Å². The van der Waals surface area contributed by atoms with Gasteiger partial charge in [-0.25, -0.2) is 8.78 Å². The summed E-state index contributed by atoms with van der Waals surface area (Å²) in [5.41, 5.74) is 4.26. The summed E-state index contributed by atoms with van der Waals surface area (Å²) >= 11 is 11.8. The lowest BCUT2D eigenvalue weighted by Gasteiger charge is -2.10. The van der Waals surface area contributed by atoms with Crippen LogP contribution in [0.1, 0.15) is 22.5 Å². The molecule has 0 spiro atoms. The number of halogens is 3. The highest BCUT2D eigenvalue weighted by Crippen LogP contribution is 2.23. The first kappa shape index (κ1) is 22.9. The van der Waals surface area contributed by atoms with Crippen molar-refractivity contribution in [2.75, 3.05) is 10.6 Å². The topological polar surface area (TPSA) is 59.7 Å². The number of nitrogens with zero attached hydrogens (tertiary/aromatic N) is 4. The average Bonchev–Trinajstić information content (AvgIpc) is 3.24. The summed E-state index contributed by atoms with van der Waals surface area (Å²) in [4.78, 5) is 0. The van der Waals surface area contributed by atoms with E-state index < -0.39 is 0 Å². The number of rotatable bonds is 6. The van der Waals surface area contributed by atoms with Gasteiger partial charge in [-0.05, 0) is 61.5 Å². The standard InChI is InChI=1S/C23H21ClF2N6S/c1-14-21(15(2)32(29-14)12-17-5-9-19(26)10-6-17)27-23(33)28-22-20(24)13-31(30-22)11-16-3-7-18(25)8-4-16/h3-10,13H,11-12H2,1-2H3,(H2,27,28,30,33). The average molecular weight is 487 g/mol. The first-order chi connectivity index (χ1) is 15.8. The Morgan fingerprint density at radius 2 is 1.48 bits per heavy atom. The first-order valence-corrected chi connectivity index (χ1v) is 10.9. The van der Waals surface area contributed by atoms with Gasteiger partial charge in [0.05, 0.1) is 30.2 Å². The molecule has 4 aromatic rings. The summed E-state index contributed by atoms with van der Waals surface area (Å²) in [7, 11) is 0. The second kappa shape index (κ2) is 9.68. The quantitative estimate of drug-likeness (QED) is 0.351. The molecule has 10 heteroatoms. The molecule has 0 amide bonds. The third-order valence-electron chi connectivity index (χ3n) is 5.07. The van der Waals surface area contributed by atoms with Crippen LogP contribution in [0, 0.1) is 25.5 Å². The molecule has 2 N–H and O–H groups in total. The van der Waals surface area contributed by atoms with Crippen LogP contribution in [0.2, 0.25) is 5.02 Å². The number of hydrogen-bond donors (Lipinski definition) is 2. The van der Waals surface area contributed by atoms with Gasteiger partial charge < -0.3 is 10.6 Å². The number of nitrogens with one attached hydrogen (secondary N) is 2. The number of aromatic nitrogens is 4. The zero-order valence-corrected chi connectivity index (χ0v) is 19.5. The Balaban J connectivity index is 1.42. The Morgan fingerprint density at radius 1 is 0.909 bits per heavy atom. The lowest BCUT2D eigenvalue weighted by Crippen LogP contribution is -2.20. The highest BCUT2D eigenvalue weighted by Gasteiger charge is 2.15. The van der Waals surface area contributed by atoms with Gasteiger partial charge in [-0.2, -0.15) is 10.2 Å². The molecule has 0 fully saturated rings. The van der Waals surface area contributed by atoms with E-state index in [0.29, 0.717) is 29.0 Å². The molecule has 0 saturated carbocycles. The predicted molar refractivity (Wildman–Crippen MR) is 130 cm³/mol.